The highest BCUT2D eigenvalue weighted by molar-refractivity contribution is 6.04. The number of para-hydroxylation sites is 1. The molecule has 0 bridgehead atoms. The van der Waals surface area contributed by atoms with E-state index >= 15 is 0 Å². The summed E-state index contributed by atoms with van der Waals surface area (Å²) in [6, 6.07) is 58.7. The third-order valence-electron chi connectivity index (χ3n) is 8.51. The van der Waals surface area contributed by atoms with Crippen LogP contribution in [0.2, 0.25) is 0 Å². The second-order valence-corrected chi connectivity index (χ2v) is 11.3. The van der Waals surface area contributed by atoms with Crippen molar-refractivity contribution in [1.82, 2.24) is 9.97 Å². The van der Waals surface area contributed by atoms with Gasteiger partial charge in [0.1, 0.15) is 0 Å². The number of hydrogen-bond acceptors (Lipinski definition) is 3. The quantitative estimate of drug-likeness (QED) is 0.202. The Morgan fingerprint density at radius 3 is 1.96 bits per heavy atom. The van der Waals surface area contributed by atoms with Gasteiger partial charge in [-0.3, -0.25) is 0 Å². The van der Waals surface area contributed by atoms with Crippen LogP contribution in [-0.4, -0.2) is 9.97 Å². The third-order valence-corrected chi connectivity index (χ3v) is 8.51. The Bertz CT molecular complexity index is 2420. The number of nitriles is 1. The van der Waals surface area contributed by atoms with E-state index in [4.69, 9.17) is 9.97 Å². The molecule has 3 heteroatoms. The van der Waals surface area contributed by atoms with Gasteiger partial charge in [0.05, 0.1) is 22.8 Å². The van der Waals surface area contributed by atoms with Crippen molar-refractivity contribution in [1.29, 1.82) is 5.26 Å². The van der Waals surface area contributed by atoms with E-state index in [0.717, 1.165) is 55.5 Å². The first-order chi connectivity index (χ1) is 22.7. The van der Waals surface area contributed by atoms with Gasteiger partial charge >= 0.3 is 0 Å². The molecule has 8 rings (SSSR count). The van der Waals surface area contributed by atoms with Crippen molar-refractivity contribution in [2.45, 2.75) is 0 Å². The van der Waals surface area contributed by atoms with Crippen molar-refractivity contribution in [2.24, 2.45) is 0 Å². The number of fused-ring (bicyclic) bond motifs is 2. The molecule has 3 nitrogen and oxygen atoms in total. The predicted octanol–water partition coefficient (Wildman–Crippen LogP) is 11.0. The van der Waals surface area contributed by atoms with Crippen molar-refractivity contribution in [3.05, 3.63) is 169 Å². The van der Waals surface area contributed by atoms with Crippen molar-refractivity contribution in [2.75, 3.05) is 0 Å². The summed E-state index contributed by atoms with van der Waals surface area (Å²) in [7, 11) is 0. The lowest BCUT2D eigenvalue weighted by molar-refractivity contribution is 1.23. The Morgan fingerprint density at radius 1 is 0.435 bits per heavy atom. The highest BCUT2D eigenvalue weighted by Gasteiger charge is 2.16. The average Bonchev–Trinajstić information content (AvgIpc) is 3.14. The summed E-state index contributed by atoms with van der Waals surface area (Å²) in [5, 5.41) is 12.8. The lowest BCUT2D eigenvalue weighted by Gasteiger charge is -2.16. The molecule has 0 unspecified atom stereocenters. The van der Waals surface area contributed by atoms with Gasteiger partial charge in [-0.15, -0.1) is 0 Å². The maximum atomic E-state index is 9.37. The van der Waals surface area contributed by atoms with Crippen LogP contribution in [0.4, 0.5) is 0 Å². The standard InChI is InChI=1S/C43H27N3/c44-28-29-10-8-14-34(26-29)30-20-22-32(23-21-30)38-25-24-31-11-4-5-17-37(31)41(38)35-15-9-16-36(27-35)43-45-40-19-7-6-18-39(40)42(46-43)33-12-2-1-3-13-33/h1-27H. The van der Waals surface area contributed by atoms with Crippen LogP contribution in [0.25, 0.3) is 77.7 Å². The minimum absolute atomic E-state index is 0.657. The van der Waals surface area contributed by atoms with E-state index in [1.807, 2.05) is 54.6 Å². The minimum atomic E-state index is 0.657. The molecule has 0 N–H and O–H groups in total. The molecule has 7 aromatic carbocycles. The first kappa shape index (κ1) is 27.2. The second kappa shape index (κ2) is 11.6. The highest BCUT2D eigenvalue weighted by Crippen LogP contribution is 2.40. The SMILES string of the molecule is N#Cc1cccc(-c2ccc(-c3ccc4ccccc4c3-c3cccc(-c4nc(-c5ccccc5)c5ccccc5n4)c3)cc2)c1. The van der Waals surface area contributed by atoms with Crippen molar-refractivity contribution in [3.63, 3.8) is 0 Å². The summed E-state index contributed by atoms with van der Waals surface area (Å²) in [5.74, 6) is 0.699. The number of aromatic nitrogens is 2. The molecule has 0 fully saturated rings. The molecule has 46 heavy (non-hydrogen) atoms. The molecule has 0 saturated carbocycles. The Kier molecular flexibility index (Phi) is 6.87. The van der Waals surface area contributed by atoms with E-state index in [2.05, 4.69) is 115 Å². The maximum absolute atomic E-state index is 9.37. The first-order valence-electron chi connectivity index (χ1n) is 15.3. The fourth-order valence-corrected chi connectivity index (χ4v) is 6.27. The number of nitrogens with zero attached hydrogens (tertiary/aromatic N) is 3. The van der Waals surface area contributed by atoms with Gasteiger partial charge in [-0.2, -0.15) is 5.26 Å². The van der Waals surface area contributed by atoms with Gasteiger partial charge in [-0.25, -0.2) is 9.97 Å². The molecule has 0 radical (unpaired) electrons. The fourth-order valence-electron chi connectivity index (χ4n) is 6.27. The summed E-state index contributed by atoms with van der Waals surface area (Å²) in [5.41, 5.74) is 11.2. The van der Waals surface area contributed by atoms with Crippen molar-refractivity contribution < 1.29 is 0 Å². The molecule has 0 aliphatic carbocycles. The zero-order valence-corrected chi connectivity index (χ0v) is 24.9. The fraction of sp³-hybridized carbons (Fsp3) is 0. The zero-order valence-electron chi connectivity index (χ0n) is 24.9. The molecule has 0 spiro atoms. The number of rotatable bonds is 5. The van der Waals surface area contributed by atoms with Gasteiger partial charge in [0.15, 0.2) is 5.82 Å². The summed E-state index contributed by atoms with van der Waals surface area (Å²) >= 11 is 0. The lowest BCUT2D eigenvalue weighted by Crippen LogP contribution is -1.95. The molecule has 1 aromatic heterocycles. The first-order valence-corrected chi connectivity index (χ1v) is 15.3. The maximum Gasteiger partial charge on any atom is 0.160 e. The van der Waals surface area contributed by atoms with E-state index in [9.17, 15) is 5.26 Å². The molecular weight excluding hydrogens is 558 g/mol. The van der Waals surface area contributed by atoms with E-state index in [-0.39, 0.29) is 0 Å². The largest absolute Gasteiger partial charge is 0.228 e. The summed E-state index contributed by atoms with van der Waals surface area (Å²) in [4.78, 5) is 10.2. The van der Waals surface area contributed by atoms with E-state index < -0.39 is 0 Å². The van der Waals surface area contributed by atoms with Gasteiger partial charge in [0.2, 0.25) is 0 Å². The normalized spacial score (nSPS) is 11.0. The van der Waals surface area contributed by atoms with Gasteiger partial charge in [0.25, 0.3) is 0 Å². The Hall–Kier alpha value is -6.37. The lowest BCUT2D eigenvalue weighted by atomic mass is 9.88. The van der Waals surface area contributed by atoms with Gasteiger partial charge in [-0.05, 0) is 68.4 Å². The van der Waals surface area contributed by atoms with Crippen LogP contribution in [0.15, 0.2) is 164 Å². The van der Waals surface area contributed by atoms with E-state index in [1.165, 1.54) is 16.3 Å². The molecule has 0 aliphatic rings. The molecule has 0 atom stereocenters. The Morgan fingerprint density at radius 2 is 1.11 bits per heavy atom. The van der Waals surface area contributed by atoms with Crippen molar-refractivity contribution >= 4 is 21.7 Å². The zero-order chi connectivity index (χ0) is 30.9. The Labute approximate surface area is 267 Å². The van der Waals surface area contributed by atoms with Crippen LogP contribution in [0.3, 0.4) is 0 Å². The van der Waals surface area contributed by atoms with Crippen LogP contribution in [0.1, 0.15) is 5.56 Å². The van der Waals surface area contributed by atoms with Gasteiger partial charge in [-0.1, -0.05) is 140 Å². The number of benzene rings is 7. The van der Waals surface area contributed by atoms with E-state index in [1.54, 1.807) is 0 Å². The monoisotopic (exact) mass is 585 g/mol. The molecule has 0 amide bonds. The summed E-state index contributed by atoms with van der Waals surface area (Å²) < 4.78 is 0. The smallest absolute Gasteiger partial charge is 0.160 e. The predicted molar refractivity (Wildman–Crippen MR) is 189 cm³/mol. The van der Waals surface area contributed by atoms with Gasteiger partial charge in [0, 0.05) is 16.5 Å². The summed E-state index contributed by atoms with van der Waals surface area (Å²) in [6.07, 6.45) is 0. The van der Waals surface area contributed by atoms with Crippen LogP contribution in [0.5, 0.6) is 0 Å². The molecule has 0 saturated heterocycles. The van der Waals surface area contributed by atoms with Crippen LogP contribution in [0, 0.1) is 11.3 Å². The molecule has 0 aliphatic heterocycles. The summed E-state index contributed by atoms with van der Waals surface area (Å²) in [6.45, 7) is 0. The van der Waals surface area contributed by atoms with Gasteiger partial charge < -0.3 is 0 Å². The number of hydrogen-bond donors (Lipinski definition) is 0. The molecule has 1 heterocycles. The molecular formula is C43H27N3. The molecule has 214 valence electrons. The van der Waals surface area contributed by atoms with Crippen molar-refractivity contribution in [3.8, 4) is 62.1 Å². The minimum Gasteiger partial charge on any atom is -0.228 e. The third kappa shape index (κ3) is 4.99. The molecule has 8 aromatic rings. The van der Waals surface area contributed by atoms with Crippen LogP contribution >= 0.6 is 0 Å². The second-order valence-electron chi connectivity index (χ2n) is 11.3. The highest BCUT2D eigenvalue weighted by atomic mass is 14.9. The van der Waals surface area contributed by atoms with E-state index in [0.29, 0.717) is 11.4 Å². The topological polar surface area (TPSA) is 49.6 Å². The van der Waals surface area contributed by atoms with Crippen LogP contribution in [-0.2, 0) is 0 Å². The average molecular weight is 586 g/mol. The van der Waals surface area contributed by atoms with Crippen LogP contribution < -0.4 is 0 Å². The Balaban J connectivity index is 1.28.